The van der Waals surface area contributed by atoms with Crippen LogP contribution in [0.3, 0.4) is 0 Å². The molecule has 0 saturated carbocycles. The number of nitrogen functional groups attached to an aromatic ring is 1. The van der Waals surface area contributed by atoms with Crippen LogP contribution in [-0.2, 0) is 6.42 Å². The predicted octanol–water partition coefficient (Wildman–Crippen LogP) is 1.77. The fourth-order valence-corrected chi connectivity index (χ4v) is 2.28. The van der Waals surface area contributed by atoms with Gasteiger partial charge in [-0.05, 0) is 25.5 Å². The number of hydrogen-bond acceptors (Lipinski definition) is 4. The second-order valence-electron chi connectivity index (χ2n) is 4.37. The van der Waals surface area contributed by atoms with E-state index in [2.05, 4.69) is 5.16 Å². The molecular weight excluding hydrogens is 230 g/mol. The maximum atomic E-state index is 12.3. The lowest BCUT2D eigenvalue weighted by Gasteiger charge is -2.15. The van der Waals surface area contributed by atoms with E-state index in [0.717, 1.165) is 23.4 Å². The topological polar surface area (TPSA) is 72.4 Å². The van der Waals surface area contributed by atoms with Gasteiger partial charge in [0.25, 0.3) is 5.91 Å². The molecular formula is C13H13N3O2. The number of rotatable bonds is 1. The maximum absolute atomic E-state index is 12.3. The largest absolute Gasteiger partial charge is 0.398 e. The van der Waals surface area contributed by atoms with Gasteiger partial charge < -0.3 is 15.2 Å². The number of aryl methyl sites for hydroxylation is 1. The first kappa shape index (κ1) is 10.8. The molecule has 2 N–H and O–H groups in total. The molecule has 0 unspecified atom stereocenters. The van der Waals surface area contributed by atoms with E-state index < -0.39 is 0 Å². The Labute approximate surface area is 104 Å². The molecule has 18 heavy (non-hydrogen) atoms. The molecule has 2 heterocycles. The Kier molecular flexibility index (Phi) is 2.33. The number of fused-ring (bicyclic) bond motifs is 1. The maximum Gasteiger partial charge on any atom is 0.280 e. The average molecular weight is 243 g/mol. The Hall–Kier alpha value is -2.30. The van der Waals surface area contributed by atoms with E-state index >= 15 is 0 Å². The van der Waals surface area contributed by atoms with E-state index in [1.54, 1.807) is 17.9 Å². The van der Waals surface area contributed by atoms with Gasteiger partial charge in [-0.2, -0.15) is 0 Å². The smallest absolute Gasteiger partial charge is 0.280 e. The molecule has 2 aromatic rings. The van der Waals surface area contributed by atoms with Crippen LogP contribution in [0, 0.1) is 6.92 Å². The number of anilines is 2. The molecule has 3 rings (SSSR count). The Balaban J connectivity index is 1.97. The summed E-state index contributed by atoms with van der Waals surface area (Å²) in [4.78, 5) is 14.0. The zero-order chi connectivity index (χ0) is 12.7. The third kappa shape index (κ3) is 1.55. The lowest BCUT2D eigenvalue weighted by atomic mass is 10.1. The van der Waals surface area contributed by atoms with E-state index in [1.807, 2.05) is 18.2 Å². The van der Waals surface area contributed by atoms with Crippen molar-refractivity contribution < 1.29 is 9.32 Å². The normalized spacial score (nSPS) is 13.7. The molecule has 1 aromatic heterocycles. The molecule has 1 aliphatic rings. The number of carbonyl (C=O) groups excluding carboxylic acids is 1. The van der Waals surface area contributed by atoms with Crippen molar-refractivity contribution in [3.8, 4) is 0 Å². The van der Waals surface area contributed by atoms with Crippen molar-refractivity contribution in [2.75, 3.05) is 17.2 Å². The third-order valence-corrected chi connectivity index (χ3v) is 3.16. The van der Waals surface area contributed by atoms with Crippen LogP contribution in [0.25, 0.3) is 0 Å². The van der Waals surface area contributed by atoms with Gasteiger partial charge in [0.1, 0.15) is 5.76 Å². The lowest BCUT2D eigenvalue weighted by molar-refractivity contribution is 0.0980. The van der Waals surface area contributed by atoms with Crippen LogP contribution in [-0.4, -0.2) is 17.6 Å². The molecule has 0 fully saturated rings. The average Bonchev–Trinajstić information content (AvgIpc) is 2.95. The summed E-state index contributed by atoms with van der Waals surface area (Å²) in [5, 5.41) is 3.76. The van der Waals surface area contributed by atoms with Crippen molar-refractivity contribution in [3.63, 3.8) is 0 Å². The van der Waals surface area contributed by atoms with Gasteiger partial charge in [0.2, 0.25) is 0 Å². The van der Waals surface area contributed by atoms with E-state index in [9.17, 15) is 4.79 Å². The first-order chi connectivity index (χ1) is 8.66. The van der Waals surface area contributed by atoms with Crippen molar-refractivity contribution in [2.24, 2.45) is 0 Å². The predicted molar refractivity (Wildman–Crippen MR) is 67.5 cm³/mol. The molecule has 1 aromatic carbocycles. The van der Waals surface area contributed by atoms with E-state index in [4.69, 9.17) is 10.3 Å². The quantitative estimate of drug-likeness (QED) is 0.775. The highest BCUT2D eigenvalue weighted by molar-refractivity contribution is 6.06. The molecule has 92 valence electrons. The minimum Gasteiger partial charge on any atom is -0.398 e. The summed E-state index contributed by atoms with van der Waals surface area (Å²) in [6, 6.07) is 7.26. The zero-order valence-electron chi connectivity index (χ0n) is 10.0. The summed E-state index contributed by atoms with van der Waals surface area (Å²) in [5.41, 5.74) is 8.89. The summed E-state index contributed by atoms with van der Waals surface area (Å²) in [5.74, 6) is 0.488. The molecule has 1 aliphatic heterocycles. The van der Waals surface area contributed by atoms with Crippen molar-refractivity contribution in [3.05, 3.63) is 41.3 Å². The fourth-order valence-electron chi connectivity index (χ4n) is 2.28. The van der Waals surface area contributed by atoms with Gasteiger partial charge in [-0.15, -0.1) is 0 Å². The van der Waals surface area contributed by atoms with Crippen LogP contribution in [0.1, 0.15) is 21.8 Å². The molecule has 5 heteroatoms. The highest BCUT2D eigenvalue weighted by Gasteiger charge is 2.28. The SMILES string of the molecule is Cc1cc(C(=O)N2CCc3c(N)cccc32)no1. The van der Waals surface area contributed by atoms with E-state index in [0.29, 0.717) is 18.0 Å². The fraction of sp³-hybridized carbons (Fsp3) is 0.231. The Morgan fingerprint density at radius 3 is 3.06 bits per heavy atom. The second kappa shape index (κ2) is 3.87. The molecule has 0 saturated heterocycles. The van der Waals surface area contributed by atoms with Crippen LogP contribution in [0.4, 0.5) is 11.4 Å². The second-order valence-corrected chi connectivity index (χ2v) is 4.37. The van der Waals surface area contributed by atoms with Crippen LogP contribution in [0.5, 0.6) is 0 Å². The number of amides is 1. The minimum absolute atomic E-state index is 0.142. The third-order valence-electron chi connectivity index (χ3n) is 3.16. The number of nitrogens with zero attached hydrogens (tertiary/aromatic N) is 2. The Morgan fingerprint density at radius 1 is 1.50 bits per heavy atom. The van der Waals surface area contributed by atoms with Gasteiger partial charge in [-0.25, -0.2) is 0 Å². The van der Waals surface area contributed by atoms with Crippen LogP contribution in [0.15, 0.2) is 28.8 Å². The number of nitrogens with two attached hydrogens (primary N) is 1. The monoisotopic (exact) mass is 243 g/mol. The van der Waals surface area contributed by atoms with Crippen molar-refractivity contribution in [1.82, 2.24) is 5.16 Å². The van der Waals surface area contributed by atoms with E-state index in [-0.39, 0.29) is 5.91 Å². The van der Waals surface area contributed by atoms with Gasteiger partial charge in [0.15, 0.2) is 5.69 Å². The van der Waals surface area contributed by atoms with Gasteiger partial charge >= 0.3 is 0 Å². The molecule has 0 atom stereocenters. The van der Waals surface area contributed by atoms with Crippen molar-refractivity contribution in [1.29, 1.82) is 0 Å². The lowest BCUT2D eigenvalue weighted by Crippen LogP contribution is -2.29. The van der Waals surface area contributed by atoms with Gasteiger partial charge in [-0.1, -0.05) is 11.2 Å². The van der Waals surface area contributed by atoms with Gasteiger partial charge in [0, 0.05) is 29.5 Å². The van der Waals surface area contributed by atoms with Crippen molar-refractivity contribution in [2.45, 2.75) is 13.3 Å². The minimum atomic E-state index is -0.142. The molecule has 0 spiro atoms. The number of hydrogen-bond donors (Lipinski definition) is 1. The summed E-state index contributed by atoms with van der Waals surface area (Å²) in [6.45, 7) is 2.40. The number of benzene rings is 1. The molecule has 0 radical (unpaired) electrons. The van der Waals surface area contributed by atoms with Gasteiger partial charge in [0.05, 0.1) is 0 Å². The van der Waals surface area contributed by atoms with Crippen molar-refractivity contribution >= 4 is 17.3 Å². The van der Waals surface area contributed by atoms with Crippen LogP contribution >= 0.6 is 0 Å². The Bertz CT molecular complexity index is 618. The zero-order valence-corrected chi connectivity index (χ0v) is 10.0. The number of aromatic nitrogens is 1. The molecule has 5 nitrogen and oxygen atoms in total. The number of carbonyl (C=O) groups is 1. The van der Waals surface area contributed by atoms with Gasteiger partial charge in [-0.3, -0.25) is 4.79 Å². The first-order valence-corrected chi connectivity index (χ1v) is 5.79. The summed E-state index contributed by atoms with van der Waals surface area (Å²) >= 11 is 0. The molecule has 0 aliphatic carbocycles. The summed E-state index contributed by atoms with van der Waals surface area (Å²) in [6.07, 6.45) is 0.782. The van der Waals surface area contributed by atoms with E-state index in [1.165, 1.54) is 0 Å². The highest BCUT2D eigenvalue weighted by Crippen LogP contribution is 2.32. The van der Waals surface area contributed by atoms with Crippen LogP contribution < -0.4 is 10.6 Å². The Morgan fingerprint density at radius 2 is 2.33 bits per heavy atom. The standard InChI is InChI=1S/C13H13N3O2/c1-8-7-11(15-18-8)13(17)16-6-5-9-10(14)3-2-4-12(9)16/h2-4,7H,5-6,14H2,1H3. The molecule has 0 bridgehead atoms. The summed E-state index contributed by atoms with van der Waals surface area (Å²) in [7, 11) is 0. The molecule has 1 amide bonds. The highest BCUT2D eigenvalue weighted by atomic mass is 16.5. The first-order valence-electron chi connectivity index (χ1n) is 5.79. The summed E-state index contributed by atoms with van der Waals surface area (Å²) < 4.78 is 4.93. The van der Waals surface area contributed by atoms with Crippen LogP contribution in [0.2, 0.25) is 0 Å².